The van der Waals surface area contributed by atoms with Crippen LogP contribution in [0.25, 0.3) is 0 Å². The second-order valence-corrected chi connectivity index (χ2v) is 5.81. The van der Waals surface area contributed by atoms with Crippen LogP contribution in [0, 0.1) is 6.92 Å². The minimum Gasteiger partial charge on any atom is -0.504 e. The van der Waals surface area contributed by atoms with E-state index in [1.54, 1.807) is 0 Å². The molecule has 0 bridgehead atoms. The molecule has 0 aliphatic heterocycles. The van der Waals surface area contributed by atoms with Crippen LogP contribution in [-0.2, 0) is 9.53 Å². The molecule has 138 valence electrons. The predicted octanol–water partition coefficient (Wildman–Crippen LogP) is 3.77. The zero-order valence-corrected chi connectivity index (χ0v) is 15.5. The highest BCUT2D eigenvalue weighted by Crippen LogP contribution is 2.37. The fourth-order valence-electron chi connectivity index (χ4n) is 2.19. The Morgan fingerprint density at radius 1 is 1.12 bits per heavy atom. The van der Waals surface area contributed by atoms with Gasteiger partial charge >= 0.3 is 5.97 Å². The number of benzene rings is 1. The van der Waals surface area contributed by atoms with Crippen LogP contribution >= 0.6 is 0 Å². The molecule has 1 aromatic heterocycles. The third kappa shape index (κ3) is 4.95. The molecule has 0 fully saturated rings. The Bertz CT molecular complexity index is 803. The highest BCUT2D eigenvalue weighted by atomic mass is 16.6. The average Bonchev–Trinajstić information content (AvgIpc) is 2.60. The van der Waals surface area contributed by atoms with Crippen LogP contribution in [0.4, 0.5) is 0 Å². The molecule has 0 N–H and O–H groups in total. The third-order valence-corrected chi connectivity index (χ3v) is 3.43. The molecule has 0 saturated carbocycles. The van der Waals surface area contributed by atoms with Crippen LogP contribution in [0.1, 0.15) is 30.9 Å². The molecule has 26 heavy (non-hydrogen) atoms. The summed E-state index contributed by atoms with van der Waals surface area (Å²) in [5.74, 6) is 0.417. The van der Waals surface area contributed by atoms with Gasteiger partial charge in [0.25, 0.3) is 17.5 Å². The summed E-state index contributed by atoms with van der Waals surface area (Å²) in [6, 6.07) is 5.88. The van der Waals surface area contributed by atoms with Crippen molar-refractivity contribution in [2.45, 2.75) is 26.7 Å². The lowest BCUT2D eigenvalue weighted by Crippen LogP contribution is -2.08. The zero-order valence-electron chi connectivity index (χ0n) is 15.5. The third-order valence-electron chi connectivity index (χ3n) is 3.43. The van der Waals surface area contributed by atoms with Gasteiger partial charge in [-0.25, -0.2) is 4.79 Å². The Labute approximate surface area is 152 Å². The second-order valence-electron chi connectivity index (χ2n) is 5.81. The molecule has 0 amide bonds. The van der Waals surface area contributed by atoms with E-state index in [1.807, 2.05) is 19.1 Å². The molecule has 0 spiro atoms. The van der Waals surface area contributed by atoms with Crippen molar-refractivity contribution in [3.8, 4) is 23.3 Å². The molecule has 1 aromatic carbocycles. The molecule has 0 atom stereocenters. The van der Waals surface area contributed by atoms with Crippen molar-refractivity contribution >= 4 is 5.97 Å². The Morgan fingerprint density at radius 2 is 1.85 bits per heavy atom. The number of carbonyl (C=O) groups excluding carboxylic acids is 1. The molecule has 0 aliphatic carbocycles. The highest BCUT2D eigenvalue weighted by Gasteiger charge is 2.19. The summed E-state index contributed by atoms with van der Waals surface area (Å²) >= 11 is 0. The molecule has 1 heterocycles. The number of esters is 1. The van der Waals surface area contributed by atoms with Crippen LogP contribution in [0.2, 0.25) is 0 Å². The summed E-state index contributed by atoms with van der Waals surface area (Å²) in [7, 11) is 2.84. The summed E-state index contributed by atoms with van der Waals surface area (Å²) in [5.41, 5.74) is 2.18. The van der Waals surface area contributed by atoms with Crippen LogP contribution in [0.3, 0.4) is 0 Å². The normalized spacial score (nSPS) is 10.8. The quantitative estimate of drug-likeness (QED) is 0.423. The Hall–Kier alpha value is -3.09. The van der Waals surface area contributed by atoms with Gasteiger partial charge in [0, 0.05) is 0 Å². The van der Waals surface area contributed by atoms with Crippen molar-refractivity contribution < 1.29 is 23.7 Å². The van der Waals surface area contributed by atoms with Gasteiger partial charge in [-0.15, -0.1) is 0 Å². The van der Waals surface area contributed by atoms with E-state index in [9.17, 15) is 4.79 Å². The van der Waals surface area contributed by atoms with Crippen molar-refractivity contribution in [1.82, 2.24) is 9.97 Å². The van der Waals surface area contributed by atoms with Gasteiger partial charge in [0.05, 0.1) is 26.6 Å². The molecular weight excluding hydrogens is 336 g/mol. The topological polar surface area (TPSA) is 79.8 Å². The molecule has 2 rings (SSSR count). The van der Waals surface area contributed by atoms with Crippen molar-refractivity contribution in [1.29, 1.82) is 0 Å². The summed E-state index contributed by atoms with van der Waals surface area (Å²) < 4.78 is 21.0. The highest BCUT2D eigenvalue weighted by molar-refractivity contribution is 5.84. The number of methoxy groups -OCH3 is 2. The standard InChI is InChI=1S/C19H22N2O5/c1-12(2)14-8-13(3)9-15(10-14)25-19-17(18(24-5)20-11-21-19)26-16(22)6-7-23-4/h6-12H,1-5H3. The van der Waals surface area contributed by atoms with Gasteiger partial charge in [-0.05, 0) is 36.1 Å². The maximum absolute atomic E-state index is 11.9. The number of hydrogen-bond acceptors (Lipinski definition) is 7. The monoisotopic (exact) mass is 358 g/mol. The zero-order chi connectivity index (χ0) is 19.1. The minimum absolute atomic E-state index is 0.00615. The smallest absolute Gasteiger partial charge is 0.339 e. The number of hydrogen-bond donors (Lipinski definition) is 0. The molecule has 0 saturated heterocycles. The van der Waals surface area contributed by atoms with Crippen LogP contribution in [0.5, 0.6) is 23.3 Å². The summed E-state index contributed by atoms with van der Waals surface area (Å²) in [6.07, 6.45) is 3.60. The summed E-state index contributed by atoms with van der Waals surface area (Å²) in [6.45, 7) is 6.18. The van der Waals surface area contributed by atoms with Gasteiger partial charge in [0.1, 0.15) is 12.1 Å². The van der Waals surface area contributed by atoms with Crippen LogP contribution in [-0.4, -0.2) is 30.2 Å². The lowest BCUT2D eigenvalue weighted by Gasteiger charge is -2.14. The number of ether oxygens (including phenoxy) is 4. The maximum atomic E-state index is 11.9. The van der Waals surface area contributed by atoms with E-state index in [0.29, 0.717) is 11.7 Å². The number of aryl methyl sites for hydroxylation is 1. The fraction of sp³-hybridized carbons (Fsp3) is 0.316. The molecular formula is C19H22N2O5. The largest absolute Gasteiger partial charge is 0.504 e. The van der Waals surface area contributed by atoms with Gasteiger partial charge in [-0.3, -0.25) is 0 Å². The maximum Gasteiger partial charge on any atom is 0.339 e. The Balaban J connectivity index is 2.37. The predicted molar refractivity (Wildman–Crippen MR) is 95.7 cm³/mol. The van der Waals surface area contributed by atoms with E-state index in [0.717, 1.165) is 17.2 Å². The van der Waals surface area contributed by atoms with E-state index < -0.39 is 5.97 Å². The number of rotatable bonds is 7. The molecule has 2 aromatic rings. The number of nitrogens with zero attached hydrogens (tertiary/aromatic N) is 2. The lowest BCUT2D eigenvalue weighted by atomic mass is 10.0. The first kappa shape index (κ1) is 19.2. The number of aromatic nitrogens is 2. The first-order chi connectivity index (χ1) is 12.4. The van der Waals surface area contributed by atoms with Gasteiger partial charge in [0.2, 0.25) is 0 Å². The van der Waals surface area contributed by atoms with Crippen molar-refractivity contribution in [2.24, 2.45) is 0 Å². The molecule has 0 aliphatic rings. The average molecular weight is 358 g/mol. The van der Waals surface area contributed by atoms with E-state index in [4.69, 9.17) is 18.9 Å². The van der Waals surface area contributed by atoms with Crippen LogP contribution in [0.15, 0.2) is 36.9 Å². The molecule has 0 radical (unpaired) electrons. The lowest BCUT2D eigenvalue weighted by molar-refractivity contribution is -0.129. The first-order valence-electron chi connectivity index (χ1n) is 8.04. The van der Waals surface area contributed by atoms with Gasteiger partial charge < -0.3 is 18.9 Å². The van der Waals surface area contributed by atoms with E-state index in [-0.39, 0.29) is 17.5 Å². The Kier molecular flexibility index (Phi) is 6.54. The Morgan fingerprint density at radius 3 is 2.50 bits per heavy atom. The molecule has 7 heteroatoms. The van der Waals surface area contributed by atoms with Gasteiger partial charge in [-0.2, -0.15) is 9.97 Å². The molecule has 0 unspecified atom stereocenters. The van der Waals surface area contributed by atoms with E-state index in [2.05, 4.69) is 29.9 Å². The SMILES string of the molecule is COC=CC(=O)Oc1c(OC)ncnc1Oc1cc(C)cc(C(C)C)c1. The summed E-state index contributed by atoms with van der Waals surface area (Å²) in [4.78, 5) is 19.9. The second kappa shape index (κ2) is 8.84. The van der Waals surface area contributed by atoms with E-state index >= 15 is 0 Å². The van der Waals surface area contributed by atoms with Gasteiger partial charge in [0.15, 0.2) is 0 Å². The fourth-order valence-corrected chi connectivity index (χ4v) is 2.19. The van der Waals surface area contributed by atoms with Crippen molar-refractivity contribution in [3.05, 3.63) is 48.0 Å². The van der Waals surface area contributed by atoms with Crippen molar-refractivity contribution in [3.63, 3.8) is 0 Å². The van der Waals surface area contributed by atoms with Crippen molar-refractivity contribution in [2.75, 3.05) is 14.2 Å². The van der Waals surface area contributed by atoms with Crippen LogP contribution < -0.4 is 14.2 Å². The van der Waals surface area contributed by atoms with E-state index in [1.165, 1.54) is 26.8 Å². The number of carbonyl (C=O) groups is 1. The molecule has 7 nitrogen and oxygen atoms in total. The minimum atomic E-state index is -0.670. The summed E-state index contributed by atoms with van der Waals surface area (Å²) in [5, 5.41) is 0. The van der Waals surface area contributed by atoms with Gasteiger partial charge in [-0.1, -0.05) is 19.9 Å². The first-order valence-corrected chi connectivity index (χ1v) is 8.04.